The number of imide groups is 1. The third-order valence-electron chi connectivity index (χ3n) is 17.5. The van der Waals surface area contributed by atoms with E-state index in [4.69, 9.17) is 32.7 Å². The largest absolute Gasteiger partial charge is 0.508 e. The number of ether oxygens (including phenoxy) is 1. The topological polar surface area (TPSA) is 147 Å². The third-order valence-corrected chi connectivity index (χ3v) is 17.8. The van der Waals surface area contributed by atoms with E-state index in [2.05, 4.69) is 31.3 Å². The quantitative estimate of drug-likeness (QED) is 0.110. The number of nitrogens with one attached hydrogen (secondary N) is 2. The molecule has 73 heavy (non-hydrogen) atoms. The molecule has 7 fully saturated rings. The molecule has 5 saturated heterocycles. The molecule has 16 heteroatoms. The van der Waals surface area contributed by atoms with Crippen molar-refractivity contribution in [2.75, 3.05) is 88.4 Å². The maximum atomic E-state index is 17.2. The maximum absolute atomic E-state index is 17.2. The van der Waals surface area contributed by atoms with Gasteiger partial charge in [-0.05, 0) is 129 Å². The van der Waals surface area contributed by atoms with E-state index in [0.717, 1.165) is 109 Å². The molecule has 6 heterocycles. The zero-order chi connectivity index (χ0) is 50.0. The Bertz CT molecular complexity index is 3030. The Morgan fingerprint density at radius 2 is 1.62 bits per heavy atom. The van der Waals surface area contributed by atoms with E-state index in [1.165, 1.54) is 30.6 Å². The van der Waals surface area contributed by atoms with Crippen LogP contribution >= 0.6 is 11.6 Å². The summed E-state index contributed by atoms with van der Waals surface area (Å²) in [6.07, 6.45) is 17.3. The standard InChI is InChI=1S/C57H63ClFN9O5/c1-2-37-4-3-5-38-28-42(69)30-45(49(37)38)43-9-10-44-51(50(43)59)62-54(63-52(44)67-32-40-7-8-41(33-67)60-40)73-35-57(17-18-57)34-65-26-24-64(25-27-65)31-36-12-15-56(16-13-36)19-22-66(23-20-56)53(71)39-6-11-46(58)47(29-39)68-21-14-48(70)61-55(68)72/h1,3-6,9-11,28-30,36,40-41,60,69H,7-8,12-27,31-35H2,(H,61,70,72). The second-order valence-electron chi connectivity index (χ2n) is 22.3. The summed E-state index contributed by atoms with van der Waals surface area (Å²) >= 11 is 6.47. The Balaban J connectivity index is 0.652. The van der Waals surface area contributed by atoms with E-state index in [0.29, 0.717) is 74.2 Å². The summed E-state index contributed by atoms with van der Waals surface area (Å²) in [7, 11) is 0. The summed E-state index contributed by atoms with van der Waals surface area (Å²) in [5, 5.41) is 19.2. The monoisotopic (exact) mass is 1010 g/mol. The molecule has 3 N–H and O–H groups in total. The molecule has 1 spiro atoms. The second kappa shape index (κ2) is 19.3. The molecule has 0 radical (unpaired) electrons. The second-order valence-corrected chi connectivity index (χ2v) is 22.7. The average molecular weight is 1010 g/mol. The van der Waals surface area contributed by atoms with Gasteiger partial charge in [0.05, 0.1) is 17.3 Å². The minimum absolute atomic E-state index is 0.00482. The number of piperazine rings is 2. The van der Waals surface area contributed by atoms with Crippen molar-refractivity contribution in [1.82, 2.24) is 35.3 Å². The Labute approximate surface area is 430 Å². The normalized spacial score (nSPS) is 23.3. The lowest BCUT2D eigenvalue weighted by atomic mass is 9.65. The fraction of sp³-hybridized carbons (Fsp3) is 0.491. The van der Waals surface area contributed by atoms with Crippen LogP contribution in [0.15, 0.2) is 60.7 Å². The Kier molecular flexibility index (Phi) is 12.7. The van der Waals surface area contributed by atoms with Crippen LogP contribution in [-0.4, -0.2) is 138 Å². The van der Waals surface area contributed by atoms with Crippen LogP contribution in [-0.2, 0) is 4.79 Å². The van der Waals surface area contributed by atoms with Crippen LogP contribution < -0.4 is 25.2 Å². The molecule has 1 aromatic heterocycles. The van der Waals surface area contributed by atoms with Crippen molar-refractivity contribution >= 4 is 62.6 Å². The van der Waals surface area contributed by atoms with E-state index in [1.807, 2.05) is 29.2 Å². The van der Waals surface area contributed by atoms with Crippen molar-refractivity contribution in [3.05, 3.63) is 82.6 Å². The van der Waals surface area contributed by atoms with Crippen LogP contribution in [0.1, 0.15) is 86.6 Å². The molecule has 7 aliphatic rings. The van der Waals surface area contributed by atoms with Gasteiger partial charge in [0.2, 0.25) is 5.91 Å². The average Bonchev–Trinajstić information content (AvgIpc) is 4.08. The van der Waals surface area contributed by atoms with Crippen molar-refractivity contribution in [3.8, 4) is 35.2 Å². The fourth-order valence-corrected chi connectivity index (χ4v) is 13.3. The predicted octanol–water partition coefficient (Wildman–Crippen LogP) is 8.21. The Morgan fingerprint density at radius 3 is 2.34 bits per heavy atom. The molecule has 2 unspecified atom stereocenters. The molecule has 2 bridgehead atoms. The predicted molar refractivity (Wildman–Crippen MR) is 281 cm³/mol. The molecule has 5 aromatic rings. The molecule has 4 amide bonds. The fourth-order valence-electron chi connectivity index (χ4n) is 13.1. The summed E-state index contributed by atoms with van der Waals surface area (Å²) < 4.78 is 23.8. The van der Waals surface area contributed by atoms with E-state index in [9.17, 15) is 19.5 Å². The number of benzene rings is 4. The number of terminal acetylenes is 1. The van der Waals surface area contributed by atoms with Crippen molar-refractivity contribution in [1.29, 1.82) is 0 Å². The minimum Gasteiger partial charge on any atom is -0.508 e. The molecular formula is C57H63ClFN9O5. The zero-order valence-electron chi connectivity index (χ0n) is 41.3. The van der Waals surface area contributed by atoms with Crippen molar-refractivity contribution in [2.24, 2.45) is 16.7 Å². The SMILES string of the molecule is C#Cc1cccc2cc(O)cc(-c3ccc4c(N5CC6CCC(C5)N6)nc(OCC5(CN6CCN(CC7CCC8(CC7)CCN(C(=O)c7ccc(Cl)c(N9CCC(=O)NC9=O)c7)CC8)CC6)CC5)nc4c3F)c12. The molecule has 12 rings (SSSR count). The van der Waals surface area contributed by atoms with Crippen molar-refractivity contribution < 1.29 is 28.6 Å². The third kappa shape index (κ3) is 9.56. The Hall–Kier alpha value is -6.05. The van der Waals surface area contributed by atoms with Crippen molar-refractivity contribution in [2.45, 2.75) is 82.7 Å². The number of carbonyl (C=O) groups is 3. The van der Waals surface area contributed by atoms with Crippen LogP contribution in [0.5, 0.6) is 11.8 Å². The lowest BCUT2D eigenvalue weighted by molar-refractivity contribution is -0.120. The number of hydrogen-bond donors (Lipinski definition) is 3. The number of urea groups is 1. The van der Waals surface area contributed by atoms with Gasteiger partial charge >= 0.3 is 12.0 Å². The molecule has 14 nitrogen and oxygen atoms in total. The first-order chi connectivity index (χ1) is 35.4. The number of anilines is 2. The number of nitrogens with zero attached hydrogens (tertiary/aromatic N) is 7. The van der Waals surface area contributed by atoms with Crippen molar-refractivity contribution in [3.63, 3.8) is 0 Å². The van der Waals surface area contributed by atoms with Gasteiger partial charge in [-0.2, -0.15) is 9.97 Å². The smallest absolute Gasteiger partial charge is 0.328 e. The van der Waals surface area contributed by atoms with Crippen LogP contribution in [0.3, 0.4) is 0 Å². The van der Waals surface area contributed by atoms with Gasteiger partial charge in [0.1, 0.15) is 17.1 Å². The highest BCUT2D eigenvalue weighted by Gasteiger charge is 2.46. The minimum atomic E-state index is -0.523. The highest BCUT2D eigenvalue weighted by atomic mass is 35.5. The van der Waals surface area contributed by atoms with Crippen LogP contribution in [0.4, 0.5) is 20.7 Å². The summed E-state index contributed by atoms with van der Waals surface area (Å²) in [6.45, 7) is 9.89. The number of aromatic nitrogens is 2. The summed E-state index contributed by atoms with van der Waals surface area (Å²) in [5.74, 6) is 3.29. The number of hydrogen-bond acceptors (Lipinski definition) is 11. The number of piperidine rings is 1. The molecule has 2 saturated carbocycles. The number of carbonyl (C=O) groups excluding carboxylic acids is 3. The van der Waals surface area contributed by atoms with Gasteiger partial charge < -0.3 is 34.8 Å². The van der Waals surface area contributed by atoms with E-state index in [1.54, 1.807) is 36.4 Å². The highest BCUT2D eigenvalue weighted by Crippen LogP contribution is 2.49. The molecule has 2 aliphatic carbocycles. The first kappa shape index (κ1) is 47.9. The first-order valence-electron chi connectivity index (χ1n) is 26.4. The highest BCUT2D eigenvalue weighted by molar-refractivity contribution is 6.34. The molecule has 4 aromatic carbocycles. The summed E-state index contributed by atoms with van der Waals surface area (Å²) in [6, 6.07) is 17.9. The first-order valence-corrected chi connectivity index (χ1v) is 26.8. The van der Waals surface area contributed by atoms with Gasteiger partial charge in [-0.3, -0.25) is 19.8 Å². The van der Waals surface area contributed by atoms with Gasteiger partial charge in [-0.15, -0.1) is 6.42 Å². The lowest BCUT2D eigenvalue weighted by Gasteiger charge is -2.47. The molecule has 5 aliphatic heterocycles. The number of fused-ring (bicyclic) bond motifs is 4. The van der Waals surface area contributed by atoms with Crippen LogP contribution in [0.2, 0.25) is 5.02 Å². The molecule has 2 atom stereocenters. The number of rotatable bonds is 11. The van der Waals surface area contributed by atoms with Gasteiger partial charge in [-0.1, -0.05) is 35.7 Å². The number of phenolic OH excluding ortho intramolecular Hbond substituents is 1. The van der Waals surface area contributed by atoms with E-state index < -0.39 is 11.8 Å². The van der Waals surface area contributed by atoms with Crippen LogP contribution in [0, 0.1) is 34.9 Å². The van der Waals surface area contributed by atoms with E-state index in [-0.39, 0.29) is 52.9 Å². The number of amides is 4. The summed E-state index contributed by atoms with van der Waals surface area (Å²) in [4.78, 5) is 58.7. The van der Waals surface area contributed by atoms with Gasteiger partial charge in [-0.25, -0.2) is 9.18 Å². The van der Waals surface area contributed by atoms with Gasteiger partial charge in [0, 0.05) is 123 Å². The number of likely N-dealkylation sites (tertiary alicyclic amines) is 1. The van der Waals surface area contributed by atoms with E-state index >= 15 is 4.39 Å². The van der Waals surface area contributed by atoms with Gasteiger partial charge in [0.25, 0.3) is 5.91 Å². The summed E-state index contributed by atoms with van der Waals surface area (Å²) in [5.41, 5.74) is 2.88. The maximum Gasteiger partial charge on any atom is 0.328 e. The van der Waals surface area contributed by atoms with Crippen LogP contribution in [0.25, 0.3) is 32.8 Å². The lowest BCUT2D eigenvalue weighted by Crippen LogP contribution is -2.51. The van der Waals surface area contributed by atoms with Gasteiger partial charge in [0.15, 0.2) is 5.82 Å². The molecule has 380 valence electrons. The number of phenols is 1. The Morgan fingerprint density at radius 1 is 0.863 bits per heavy atom. The number of halogens is 2. The number of aromatic hydroxyl groups is 1. The zero-order valence-corrected chi connectivity index (χ0v) is 42.1. The molecular weight excluding hydrogens is 945 g/mol.